The molecule has 1 fully saturated rings. The molecule has 0 spiro atoms. The number of nitrogens with zero attached hydrogens (tertiary/aromatic N) is 3. The Morgan fingerprint density at radius 1 is 1.14 bits per heavy atom. The lowest BCUT2D eigenvalue weighted by atomic mass is 10.2. The van der Waals surface area contributed by atoms with Gasteiger partial charge < -0.3 is 14.4 Å². The van der Waals surface area contributed by atoms with E-state index in [4.69, 9.17) is 9.47 Å². The number of aromatic nitrogens is 2. The number of thiophene rings is 1. The molecule has 0 unspecified atom stereocenters. The van der Waals surface area contributed by atoms with E-state index in [1.54, 1.807) is 28.5 Å². The van der Waals surface area contributed by atoms with E-state index in [1.165, 1.54) is 4.88 Å². The van der Waals surface area contributed by atoms with Crippen molar-refractivity contribution in [3.63, 3.8) is 0 Å². The van der Waals surface area contributed by atoms with Crippen LogP contribution in [0.15, 0.2) is 42.6 Å². The summed E-state index contributed by atoms with van der Waals surface area (Å²) in [6.07, 6.45) is 3.88. The number of aryl methyl sites for hydroxylation is 1. The molecule has 3 heterocycles. The number of hydrogen-bond acceptors (Lipinski definition) is 6. The Morgan fingerprint density at radius 2 is 1.97 bits per heavy atom. The number of ether oxygens (including phenoxy) is 2. The third-order valence-electron chi connectivity index (χ3n) is 5.03. The molecular weight excluding hydrogens is 386 g/mol. The van der Waals surface area contributed by atoms with Gasteiger partial charge in [0, 0.05) is 33.6 Å². The normalized spacial score (nSPS) is 15.2. The average molecular weight is 407 g/mol. The van der Waals surface area contributed by atoms with Crippen molar-refractivity contribution in [3.8, 4) is 11.5 Å². The van der Waals surface area contributed by atoms with Gasteiger partial charge in [-0.2, -0.15) is 0 Å². The maximum Gasteiger partial charge on any atom is 0.277 e. The molecule has 1 saturated carbocycles. The minimum Gasteiger partial charge on any atom is -0.486 e. The third-order valence-corrected chi connectivity index (χ3v) is 6.01. The van der Waals surface area contributed by atoms with Gasteiger partial charge in [-0.3, -0.25) is 4.79 Å². The Balaban J connectivity index is 1.51. The summed E-state index contributed by atoms with van der Waals surface area (Å²) >= 11 is 1.69. The molecule has 0 bridgehead atoms. The smallest absolute Gasteiger partial charge is 0.277 e. The van der Waals surface area contributed by atoms with Gasteiger partial charge in [0.15, 0.2) is 11.5 Å². The van der Waals surface area contributed by atoms with Crippen molar-refractivity contribution < 1.29 is 14.3 Å². The predicted molar refractivity (Wildman–Crippen MR) is 111 cm³/mol. The molecule has 7 heteroatoms. The molecule has 3 aromatic rings. The maximum atomic E-state index is 13.5. The lowest BCUT2D eigenvalue weighted by Gasteiger charge is -2.25. The van der Waals surface area contributed by atoms with Gasteiger partial charge >= 0.3 is 0 Å². The highest BCUT2D eigenvalue weighted by Crippen LogP contribution is 2.38. The van der Waals surface area contributed by atoms with E-state index in [1.807, 2.05) is 18.2 Å². The number of hydrogen-bond donors (Lipinski definition) is 0. The molecule has 0 radical (unpaired) electrons. The van der Waals surface area contributed by atoms with Crippen LogP contribution in [0.5, 0.6) is 11.5 Å². The summed E-state index contributed by atoms with van der Waals surface area (Å²) in [7, 11) is 0. The minimum absolute atomic E-state index is 0.142. The summed E-state index contributed by atoms with van der Waals surface area (Å²) in [6, 6.07) is 11.5. The molecule has 148 valence electrons. The van der Waals surface area contributed by atoms with E-state index in [2.05, 4.69) is 29.0 Å². The van der Waals surface area contributed by atoms with Crippen LogP contribution >= 0.6 is 11.3 Å². The van der Waals surface area contributed by atoms with Crippen LogP contribution < -0.4 is 14.4 Å². The molecule has 6 nitrogen and oxygen atoms in total. The summed E-state index contributed by atoms with van der Waals surface area (Å²) in [5.41, 5.74) is 1.18. The molecule has 0 saturated heterocycles. The van der Waals surface area contributed by atoms with Gasteiger partial charge in [0.1, 0.15) is 24.7 Å². The van der Waals surface area contributed by atoms with Crippen LogP contribution in [0.3, 0.4) is 0 Å². The first-order chi connectivity index (χ1) is 14.2. The molecule has 2 aliphatic rings. The Hall–Kier alpha value is -2.93. The Bertz CT molecular complexity index is 1060. The van der Waals surface area contributed by atoms with Gasteiger partial charge in [-0.25, -0.2) is 9.97 Å². The van der Waals surface area contributed by atoms with Crippen molar-refractivity contribution >= 4 is 22.9 Å². The number of carbonyl (C=O) groups is 1. The van der Waals surface area contributed by atoms with Crippen LogP contribution in [0.2, 0.25) is 0 Å². The molecule has 1 aliphatic carbocycles. The first-order valence-corrected chi connectivity index (χ1v) is 10.6. The summed E-state index contributed by atoms with van der Waals surface area (Å²) in [5, 5.41) is 0. The number of rotatable bonds is 5. The zero-order valence-electron chi connectivity index (χ0n) is 16.1. The highest BCUT2D eigenvalue weighted by Gasteiger charge is 2.28. The number of carbonyl (C=O) groups excluding carboxylic acids is 1. The lowest BCUT2D eigenvalue weighted by molar-refractivity contribution is 0.0980. The second kappa shape index (κ2) is 7.48. The van der Waals surface area contributed by atoms with Crippen LogP contribution in [-0.4, -0.2) is 29.1 Å². The van der Waals surface area contributed by atoms with E-state index in [-0.39, 0.29) is 5.91 Å². The molecule has 1 aliphatic heterocycles. The first-order valence-electron chi connectivity index (χ1n) is 9.77. The van der Waals surface area contributed by atoms with E-state index < -0.39 is 0 Å². The topological polar surface area (TPSA) is 64.6 Å². The summed E-state index contributed by atoms with van der Waals surface area (Å²) in [4.78, 5) is 26.5. The predicted octanol–water partition coefficient (Wildman–Crippen LogP) is 4.34. The van der Waals surface area contributed by atoms with Crippen molar-refractivity contribution in [2.45, 2.75) is 32.2 Å². The fourth-order valence-electron chi connectivity index (χ4n) is 3.38. The minimum atomic E-state index is -0.142. The van der Waals surface area contributed by atoms with E-state index in [0.29, 0.717) is 42.9 Å². The summed E-state index contributed by atoms with van der Waals surface area (Å²) in [5.74, 6) is 2.39. The molecular formula is C22H21N3O3S. The van der Waals surface area contributed by atoms with E-state index in [9.17, 15) is 4.79 Å². The van der Waals surface area contributed by atoms with Crippen molar-refractivity contribution in [3.05, 3.63) is 63.9 Å². The van der Waals surface area contributed by atoms with E-state index in [0.717, 1.165) is 29.2 Å². The van der Waals surface area contributed by atoms with Gasteiger partial charge in [-0.05, 0) is 50.1 Å². The SMILES string of the molecule is Cc1ccc(CN(C(=O)c2ccnc(C3CC3)n2)c2ccc3c(c2)OCCO3)s1. The lowest BCUT2D eigenvalue weighted by Crippen LogP contribution is -2.31. The second-order valence-corrected chi connectivity index (χ2v) is 8.68. The standard InChI is InChI=1S/C22H21N3O3S/c1-14-2-6-17(29-14)13-25(16-5-7-19-20(12-16)28-11-10-27-19)22(26)18-8-9-23-21(24-18)15-3-4-15/h2,5-9,12,15H,3-4,10-11,13H2,1H3. The molecule has 0 N–H and O–H groups in total. The van der Waals surface area contributed by atoms with Crippen molar-refractivity contribution in [2.75, 3.05) is 18.1 Å². The number of fused-ring (bicyclic) bond motifs is 1. The van der Waals surface area contributed by atoms with Crippen molar-refractivity contribution in [2.24, 2.45) is 0 Å². The molecule has 0 atom stereocenters. The zero-order valence-corrected chi connectivity index (χ0v) is 16.9. The van der Waals surface area contributed by atoms with Crippen LogP contribution in [0.1, 0.15) is 44.8 Å². The fraction of sp³-hybridized carbons (Fsp3) is 0.318. The van der Waals surface area contributed by atoms with Crippen LogP contribution in [0, 0.1) is 6.92 Å². The quantitative estimate of drug-likeness (QED) is 0.629. The zero-order chi connectivity index (χ0) is 19.8. The Kier molecular flexibility index (Phi) is 4.67. The molecule has 1 aromatic carbocycles. The van der Waals surface area contributed by atoms with Crippen molar-refractivity contribution in [1.82, 2.24) is 9.97 Å². The van der Waals surface area contributed by atoms with Crippen LogP contribution in [0.4, 0.5) is 5.69 Å². The van der Waals surface area contributed by atoms with Gasteiger partial charge in [0.2, 0.25) is 0 Å². The summed E-state index contributed by atoms with van der Waals surface area (Å²) in [6.45, 7) is 3.58. The third kappa shape index (κ3) is 3.82. The van der Waals surface area contributed by atoms with Crippen LogP contribution in [-0.2, 0) is 6.54 Å². The van der Waals surface area contributed by atoms with Gasteiger partial charge in [0.25, 0.3) is 5.91 Å². The van der Waals surface area contributed by atoms with Gasteiger partial charge in [-0.15, -0.1) is 11.3 Å². The fourth-order valence-corrected chi connectivity index (χ4v) is 4.25. The Labute approximate surface area is 173 Å². The molecule has 5 rings (SSSR count). The van der Waals surface area contributed by atoms with Gasteiger partial charge in [0.05, 0.1) is 6.54 Å². The monoisotopic (exact) mass is 407 g/mol. The highest BCUT2D eigenvalue weighted by atomic mass is 32.1. The first kappa shape index (κ1) is 18.1. The van der Waals surface area contributed by atoms with Gasteiger partial charge in [-0.1, -0.05) is 0 Å². The van der Waals surface area contributed by atoms with Crippen LogP contribution in [0.25, 0.3) is 0 Å². The molecule has 2 aromatic heterocycles. The van der Waals surface area contributed by atoms with E-state index >= 15 is 0 Å². The molecule has 29 heavy (non-hydrogen) atoms. The second-order valence-electron chi connectivity index (χ2n) is 7.31. The highest BCUT2D eigenvalue weighted by molar-refractivity contribution is 7.11. The average Bonchev–Trinajstić information content (AvgIpc) is 3.53. The summed E-state index contributed by atoms with van der Waals surface area (Å²) < 4.78 is 11.4. The number of anilines is 1. The Morgan fingerprint density at radius 3 is 2.72 bits per heavy atom. The van der Waals surface area contributed by atoms with Crippen molar-refractivity contribution in [1.29, 1.82) is 0 Å². The maximum absolute atomic E-state index is 13.5. The number of benzene rings is 1. The number of amides is 1. The molecule has 1 amide bonds. The largest absolute Gasteiger partial charge is 0.486 e.